The summed E-state index contributed by atoms with van der Waals surface area (Å²) >= 11 is 1.53. The van der Waals surface area contributed by atoms with Crippen molar-refractivity contribution in [3.8, 4) is 0 Å². The first-order valence-corrected chi connectivity index (χ1v) is 10.5. The van der Waals surface area contributed by atoms with Gasteiger partial charge in [0.25, 0.3) is 0 Å². The molecule has 0 saturated carbocycles. The first-order valence-electron chi connectivity index (χ1n) is 7.42. The van der Waals surface area contributed by atoms with E-state index in [2.05, 4.69) is 5.32 Å². The highest BCUT2D eigenvalue weighted by Crippen LogP contribution is 2.23. The zero-order valence-electron chi connectivity index (χ0n) is 14.1. The number of halogens is 1. The molecule has 2 aromatic carbocycles. The Morgan fingerprint density at radius 3 is 2.40 bits per heavy atom. The highest BCUT2D eigenvalue weighted by atomic mass is 32.2. The minimum Gasteiger partial charge on any atom is -0.324 e. The van der Waals surface area contributed by atoms with Gasteiger partial charge in [0.1, 0.15) is 11.9 Å². The molecule has 0 aliphatic rings. The lowest BCUT2D eigenvalue weighted by atomic mass is 10.2. The van der Waals surface area contributed by atoms with Gasteiger partial charge in [-0.2, -0.15) is 0 Å². The number of carbonyl (C=O) groups is 1. The van der Waals surface area contributed by atoms with Gasteiger partial charge in [0.2, 0.25) is 15.9 Å². The van der Waals surface area contributed by atoms with E-state index in [4.69, 9.17) is 0 Å². The SMILES string of the molecule is CSc1cccc(NC(=O)[C@@H](C)N(c2ccc(F)cc2)S(C)(=O)=O)c1. The molecule has 0 aliphatic heterocycles. The fraction of sp³-hybridized carbons (Fsp3) is 0.235. The van der Waals surface area contributed by atoms with Crippen molar-refractivity contribution in [2.24, 2.45) is 0 Å². The van der Waals surface area contributed by atoms with Gasteiger partial charge in [-0.15, -0.1) is 11.8 Å². The first kappa shape index (κ1) is 19.3. The maximum absolute atomic E-state index is 13.1. The molecule has 134 valence electrons. The molecule has 0 spiro atoms. The Hall–Kier alpha value is -2.06. The minimum atomic E-state index is -3.73. The first-order chi connectivity index (χ1) is 11.7. The van der Waals surface area contributed by atoms with Gasteiger partial charge in [-0.05, 0) is 55.6 Å². The van der Waals surface area contributed by atoms with Crippen molar-refractivity contribution in [3.63, 3.8) is 0 Å². The summed E-state index contributed by atoms with van der Waals surface area (Å²) < 4.78 is 38.4. The van der Waals surface area contributed by atoms with Crippen molar-refractivity contribution in [1.82, 2.24) is 0 Å². The number of nitrogens with zero attached hydrogens (tertiary/aromatic N) is 1. The molecule has 2 rings (SSSR count). The molecule has 0 bridgehead atoms. The number of thioether (sulfide) groups is 1. The standard InChI is InChI=1S/C17H19FN2O3S2/c1-12(17(21)19-14-5-4-6-16(11-14)24-2)20(25(3,22)23)15-9-7-13(18)8-10-15/h4-12H,1-3H3,(H,19,21)/t12-/m1/s1. The zero-order chi connectivity index (χ0) is 18.6. The zero-order valence-corrected chi connectivity index (χ0v) is 15.7. The third kappa shape index (κ3) is 4.96. The molecule has 25 heavy (non-hydrogen) atoms. The van der Waals surface area contributed by atoms with Crippen molar-refractivity contribution in [1.29, 1.82) is 0 Å². The minimum absolute atomic E-state index is 0.226. The van der Waals surface area contributed by atoms with E-state index in [1.807, 2.05) is 12.3 Å². The Balaban J connectivity index is 2.28. The van der Waals surface area contributed by atoms with E-state index in [0.29, 0.717) is 5.69 Å². The van der Waals surface area contributed by atoms with Crippen LogP contribution in [0.2, 0.25) is 0 Å². The van der Waals surface area contributed by atoms with Crippen molar-refractivity contribution < 1.29 is 17.6 Å². The van der Waals surface area contributed by atoms with Gasteiger partial charge >= 0.3 is 0 Å². The Morgan fingerprint density at radius 2 is 1.84 bits per heavy atom. The number of hydrogen-bond donors (Lipinski definition) is 1. The number of rotatable bonds is 6. The predicted octanol–water partition coefficient (Wildman–Crippen LogP) is 3.34. The van der Waals surface area contributed by atoms with Crippen LogP contribution in [-0.4, -0.2) is 32.9 Å². The van der Waals surface area contributed by atoms with Crippen molar-refractivity contribution in [3.05, 3.63) is 54.3 Å². The lowest BCUT2D eigenvalue weighted by Gasteiger charge is -2.28. The average molecular weight is 382 g/mol. The molecular formula is C17H19FN2O3S2. The van der Waals surface area contributed by atoms with Gasteiger partial charge in [0, 0.05) is 10.6 Å². The number of benzene rings is 2. The molecule has 5 nitrogen and oxygen atoms in total. The molecule has 2 aromatic rings. The molecule has 0 heterocycles. The maximum Gasteiger partial charge on any atom is 0.247 e. The van der Waals surface area contributed by atoms with Crippen LogP contribution < -0.4 is 9.62 Å². The summed E-state index contributed by atoms with van der Waals surface area (Å²) in [6, 6.07) is 11.2. The van der Waals surface area contributed by atoms with Crippen LogP contribution in [0.25, 0.3) is 0 Å². The summed E-state index contributed by atoms with van der Waals surface area (Å²) in [6.07, 6.45) is 2.93. The van der Waals surface area contributed by atoms with Gasteiger partial charge in [-0.25, -0.2) is 12.8 Å². The van der Waals surface area contributed by atoms with Gasteiger partial charge in [-0.1, -0.05) is 6.07 Å². The van der Waals surface area contributed by atoms with E-state index in [9.17, 15) is 17.6 Å². The molecule has 0 aliphatic carbocycles. The van der Waals surface area contributed by atoms with E-state index >= 15 is 0 Å². The summed E-state index contributed by atoms with van der Waals surface area (Å²) in [6.45, 7) is 1.48. The third-order valence-electron chi connectivity index (χ3n) is 3.51. The Labute approximate surface area is 151 Å². The van der Waals surface area contributed by atoms with Crippen LogP contribution in [-0.2, 0) is 14.8 Å². The van der Waals surface area contributed by atoms with Gasteiger partial charge in [0.05, 0.1) is 11.9 Å². The fourth-order valence-electron chi connectivity index (χ4n) is 2.34. The highest BCUT2D eigenvalue weighted by molar-refractivity contribution is 7.98. The van der Waals surface area contributed by atoms with E-state index in [0.717, 1.165) is 27.6 Å². The molecule has 0 unspecified atom stereocenters. The quantitative estimate of drug-likeness (QED) is 0.778. The topological polar surface area (TPSA) is 66.5 Å². The molecule has 0 saturated heterocycles. The molecular weight excluding hydrogens is 363 g/mol. The largest absolute Gasteiger partial charge is 0.324 e. The summed E-state index contributed by atoms with van der Waals surface area (Å²) in [5.41, 5.74) is 0.806. The summed E-state index contributed by atoms with van der Waals surface area (Å²) in [4.78, 5) is 13.5. The summed E-state index contributed by atoms with van der Waals surface area (Å²) in [5, 5.41) is 2.72. The second-order valence-corrected chi connectivity index (χ2v) is 8.17. The van der Waals surface area contributed by atoms with E-state index < -0.39 is 27.8 Å². The van der Waals surface area contributed by atoms with Crippen molar-refractivity contribution in [2.45, 2.75) is 17.9 Å². The molecule has 1 amide bonds. The lowest BCUT2D eigenvalue weighted by Crippen LogP contribution is -2.45. The van der Waals surface area contributed by atoms with Crippen molar-refractivity contribution in [2.75, 3.05) is 22.1 Å². The molecule has 1 N–H and O–H groups in total. The van der Waals surface area contributed by atoms with E-state index in [-0.39, 0.29) is 5.69 Å². The second-order valence-electron chi connectivity index (χ2n) is 5.43. The highest BCUT2D eigenvalue weighted by Gasteiger charge is 2.29. The Bertz CT molecular complexity index is 854. The molecule has 8 heteroatoms. The van der Waals surface area contributed by atoms with Crippen LogP contribution in [0.5, 0.6) is 0 Å². The van der Waals surface area contributed by atoms with Crippen LogP contribution in [0, 0.1) is 5.82 Å². The van der Waals surface area contributed by atoms with Crippen LogP contribution in [0.1, 0.15) is 6.92 Å². The number of carbonyl (C=O) groups excluding carboxylic acids is 1. The molecule has 0 radical (unpaired) electrons. The maximum atomic E-state index is 13.1. The number of anilines is 2. The second kappa shape index (κ2) is 7.88. The fourth-order valence-corrected chi connectivity index (χ4v) is 3.98. The average Bonchev–Trinajstić information content (AvgIpc) is 2.55. The van der Waals surface area contributed by atoms with Gasteiger partial charge in [-0.3, -0.25) is 9.10 Å². The third-order valence-corrected chi connectivity index (χ3v) is 5.47. The number of nitrogens with one attached hydrogen (secondary N) is 1. The van der Waals surface area contributed by atoms with E-state index in [1.54, 1.807) is 18.2 Å². The van der Waals surface area contributed by atoms with Crippen LogP contribution in [0.3, 0.4) is 0 Å². The summed E-state index contributed by atoms with van der Waals surface area (Å²) in [7, 11) is -3.73. The van der Waals surface area contributed by atoms with Crippen LogP contribution in [0.15, 0.2) is 53.4 Å². The normalized spacial score (nSPS) is 12.5. The van der Waals surface area contributed by atoms with Crippen LogP contribution in [0.4, 0.5) is 15.8 Å². The molecule has 0 fully saturated rings. The molecule has 1 atom stereocenters. The Morgan fingerprint density at radius 1 is 1.20 bits per heavy atom. The van der Waals surface area contributed by atoms with Crippen LogP contribution >= 0.6 is 11.8 Å². The number of sulfonamides is 1. The Kier molecular flexibility index (Phi) is 6.07. The number of amides is 1. The monoisotopic (exact) mass is 382 g/mol. The van der Waals surface area contributed by atoms with Crippen molar-refractivity contribution >= 4 is 39.1 Å². The summed E-state index contributed by atoms with van der Waals surface area (Å²) in [5.74, 6) is -0.962. The lowest BCUT2D eigenvalue weighted by molar-refractivity contribution is -0.116. The van der Waals surface area contributed by atoms with E-state index in [1.165, 1.54) is 30.8 Å². The smallest absolute Gasteiger partial charge is 0.247 e. The predicted molar refractivity (Wildman–Crippen MR) is 100 cm³/mol. The van der Waals surface area contributed by atoms with Gasteiger partial charge < -0.3 is 5.32 Å². The molecule has 0 aromatic heterocycles. The van der Waals surface area contributed by atoms with Gasteiger partial charge in [0.15, 0.2) is 0 Å². The number of hydrogen-bond acceptors (Lipinski definition) is 4.